The number of hydrogen-bond donors (Lipinski definition) is 1. The SMILES string of the molecule is O=C([C@@H]1C[C@H](Oc2cccc(Cl)c2)CN1)N1CCCN(C2CCC2)CC1. The lowest BCUT2D eigenvalue weighted by molar-refractivity contribution is -0.133. The van der Waals surface area contributed by atoms with Gasteiger partial charge in [0.2, 0.25) is 5.91 Å². The molecule has 142 valence electrons. The lowest BCUT2D eigenvalue weighted by atomic mass is 9.91. The van der Waals surface area contributed by atoms with E-state index in [1.54, 1.807) is 0 Å². The lowest BCUT2D eigenvalue weighted by Gasteiger charge is -2.36. The maximum Gasteiger partial charge on any atom is 0.239 e. The fraction of sp³-hybridized carbons (Fsp3) is 0.650. The van der Waals surface area contributed by atoms with E-state index in [1.165, 1.54) is 19.3 Å². The van der Waals surface area contributed by atoms with Gasteiger partial charge in [-0.25, -0.2) is 0 Å². The van der Waals surface area contributed by atoms with Crippen molar-refractivity contribution in [2.24, 2.45) is 0 Å². The Labute approximate surface area is 160 Å². The minimum Gasteiger partial charge on any atom is -0.489 e. The van der Waals surface area contributed by atoms with Crippen LogP contribution in [0.25, 0.3) is 0 Å². The predicted octanol–water partition coefficient (Wildman–Crippen LogP) is 2.54. The van der Waals surface area contributed by atoms with Crippen LogP contribution in [-0.4, -0.2) is 66.6 Å². The van der Waals surface area contributed by atoms with Gasteiger partial charge in [-0.2, -0.15) is 0 Å². The second kappa shape index (κ2) is 8.15. The Morgan fingerprint density at radius 3 is 2.81 bits per heavy atom. The second-order valence-corrected chi connectivity index (χ2v) is 8.13. The third kappa shape index (κ3) is 4.16. The van der Waals surface area contributed by atoms with Crippen molar-refractivity contribution >= 4 is 17.5 Å². The molecule has 5 nitrogen and oxygen atoms in total. The van der Waals surface area contributed by atoms with E-state index in [0.717, 1.165) is 44.4 Å². The molecule has 0 aromatic heterocycles. The molecule has 2 heterocycles. The first-order chi connectivity index (χ1) is 12.7. The summed E-state index contributed by atoms with van der Waals surface area (Å²) in [6.45, 7) is 4.58. The van der Waals surface area contributed by atoms with Crippen LogP contribution in [0, 0.1) is 0 Å². The highest BCUT2D eigenvalue weighted by molar-refractivity contribution is 6.30. The Morgan fingerprint density at radius 2 is 2.04 bits per heavy atom. The van der Waals surface area contributed by atoms with Crippen LogP contribution in [0.1, 0.15) is 32.1 Å². The summed E-state index contributed by atoms with van der Waals surface area (Å²) >= 11 is 6.01. The lowest BCUT2D eigenvalue weighted by Crippen LogP contribution is -2.46. The highest BCUT2D eigenvalue weighted by Gasteiger charge is 2.35. The van der Waals surface area contributed by atoms with Gasteiger partial charge in [0.15, 0.2) is 0 Å². The Kier molecular flexibility index (Phi) is 5.67. The molecule has 0 bridgehead atoms. The fourth-order valence-electron chi connectivity index (χ4n) is 4.21. The molecule has 4 rings (SSSR count). The molecule has 3 aliphatic rings. The van der Waals surface area contributed by atoms with Crippen LogP contribution >= 0.6 is 11.6 Å². The van der Waals surface area contributed by atoms with E-state index in [2.05, 4.69) is 15.1 Å². The van der Waals surface area contributed by atoms with Crippen molar-refractivity contribution in [1.82, 2.24) is 15.1 Å². The summed E-state index contributed by atoms with van der Waals surface area (Å²) in [5.74, 6) is 1.00. The number of nitrogens with zero attached hydrogens (tertiary/aromatic N) is 2. The van der Waals surface area contributed by atoms with E-state index in [0.29, 0.717) is 18.0 Å². The molecule has 1 N–H and O–H groups in total. The second-order valence-electron chi connectivity index (χ2n) is 7.69. The number of hydrogen-bond acceptors (Lipinski definition) is 4. The summed E-state index contributed by atoms with van der Waals surface area (Å²) < 4.78 is 5.99. The first-order valence-electron chi connectivity index (χ1n) is 9.87. The number of rotatable bonds is 4. The minimum atomic E-state index is -0.130. The quantitative estimate of drug-likeness (QED) is 0.875. The minimum absolute atomic E-state index is 0.0147. The number of nitrogens with one attached hydrogen (secondary N) is 1. The molecule has 1 amide bonds. The molecule has 2 saturated heterocycles. The molecule has 0 spiro atoms. The van der Waals surface area contributed by atoms with Crippen LogP contribution < -0.4 is 10.1 Å². The van der Waals surface area contributed by atoms with Gasteiger partial charge in [-0.15, -0.1) is 0 Å². The standard InChI is InChI=1S/C20H28ClN3O2/c21-15-4-1-7-17(12-15)26-18-13-19(22-14-18)20(25)24-9-3-8-23(10-11-24)16-5-2-6-16/h1,4,7,12,16,18-19,22H,2-3,5-6,8-11,13-14H2/t18-,19-/m0/s1. The van der Waals surface area contributed by atoms with Gasteiger partial charge < -0.3 is 15.0 Å². The average molecular weight is 378 g/mol. The van der Waals surface area contributed by atoms with Crippen molar-refractivity contribution in [3.05, 3.63) is 29.3 Å². The molecule has 1 aliphatic carbocycles. The third-order valence-electron chi connectivity index (χ3n) is 5.92. The predicted molar refractivity (Wildman–Crippen MR) is 103 cm³/mol. The molecule has 0 unspecified atom stereocenters. The van der Waals surface area contributed by atoms with Gasteiger partial charge in [0.25, 0.3) is 0 Å². The molecule has 2 atom stereocenters. The summed E-state index contributed by atoms with van der Waals surface area (Å²) in [5.41, 5.74) is 0. The van der Waals surface area contributed by atoms with E-state index in [1.807, 2.05) is 24.3 Å². The molecule has 3 fully saturated rings. The zero-order valence-electron chi connectivity index (χ0n) is 15.2. The molecule has 2 aliphatic heterocycles. The number of ether oxygens (including phenoxy) is 1. The molecule has 0 radical (unpaired) electrons. The van der Waals surface area contributed by atoms with Crippen molar-refractivity contribution < 1.29 is 9.53 Å². The molecule has 1 aromatic rings. The monoisotopic (exact) mass is 377 g/mol. The molecule has 26 heavy (non-hydrogen) atoms. The van der Waals surface area contributed by atoms with Crippen molar-refractivity contribution in [3.63, 3.8) is 0 Å². The van der Waals surface area contributed by atoms with Crippen LogP contribution in [0.15, 0.2) is 24.3 Å². The Morgan fingerprint density at radius 1 is 1.15 bits per heavy atom. The topological polar surface area (TPSA) is 44.8 Å². The van der Waals surface area contributed by atoms with E-state index in [4.69, 9.17) is 16.3 Å². The molecule has 6 heteroatoms. The van der Waals surface area contributed by atoms with Crippen LogP contribution in [-0.2, 0) is 4.79 Å². The molecule has 1 aromatic carbocycles. The Bertz CT molecular complexity index is 637. The zero-order chi connectivity index (χ0) is 17.9. The molecule has 1 saturated carbocycles. The first-order valence-corrected chi connectivity index (χ1v) is 10.3. The first kappa shape index (κ1) is 18.1. The smallest absolute Gasteiger partial charge is 0.239 e. The van der Waals surface area contributed by atoms with Crippen molar-refractivity contribution in [2.75, 3.05) is 32.7 Å². The van der Waals surface area contributed by atoms with Gasteiger partial charge in [0.05, 0.1) is 6.04 Å². The normalized spacial score (nSPS) is 27.8. The van der Waals surface area contributed by atoms with Gasteiger partial charge in [0.1, 0.15) is 11.9 Å². The number of carbonyl (C=O) groups excluding carboxylic acids is 1. The number of amides is 1. The van der Waals surface area contributed by atoms with Gasteiger partial charge in [-0.05, 0) is 37.5 Å². The van der Waals surface area contributed by atoms with Crippen molar-refractivity contribution in [2.45, 2.75) is 50.3 Å². The van der Waals surface area contributed by atoms with E-state index in [9.17, 15) is 4.79 Å². The van der Waals surface area contributed by atoms with Crippen LogP contribution in [0.3, 0.4) is 0 Å². The van der Waals surface area contributed by atoms with Crippen LogP contribution in [0.4, 0.5) is 0 Å². The van der Waals surface area contributed by atoms with E-state index in [-0.39, 0.29) is 18.1 Å². The Balaban J connectivity index is 1.28. The van der Waals surface area contributed by atoms with Gasteiger partial charge in [0, 0.05) is 50.2 Å². The summed E-state index contributed by atoms with van der Waals surface area (Å²) in [4.78, 5) is 17.6. The molecular formula is C20H28ClN3O2. The summed E-state index contributed by atoms with van der Waals surface area (Å²) in [6.07, 6.45) is 5.84. The van der Waals surface area contributed by atoms with Crippen molar-refractivity contribution in [1.29, 1.82) is 0 Å². The van der Waals surface area contributed by atoms with Gasteiger partial charge in [-0.1, -0.05) is 24.1 Å². The highest BCUT2D eigenvalue weighted by atomic mass is 35.5. The summed E-state index contributed by atoms with van der Waals surface area (Å²) in [7, 11) is 0. The largest absolute Gasteiger partial charge is 0.489 e. The molecular weight excluding hydrogens is 350 g/mol. The Hall–Kier alpha value is -1.30. The maximum absolute atomic E-state index is 12.9. The highest BCUT2D eigenvalue weighted by Crippen LogP contribution is 2.26. The number of benzene rings is 1. The van der Waals surface area contributed by atoms with Crippen LogP contribution in [0.5, 0.6) is 5.75 Å². The van der Waals surface area contributed by atoms with Crippen LogP contribution in [0.2, 0.25) is 5.02 Å². The van der Waals surface area contributed by atoms with Gasteiger partial charge in [-0.3, -0.25) is 9.69 Å². The summed E-state index contributed by atoms with van der Waals surface area (Å²) in [5, 5.41) is 4.02. The van der Waals surface area contributed by atoms with Crippen molar-refractivity contribution in [3.8, 4) is 5.75 Å². The zero-order valence-corrected chi connectivity index (χ0v) is 16.0. The third-order valence-corrected chi connectivity index (χ3v) is 6.16. The summed E-state index contributed by atoms with van der Waals surface area (Å²) in [6, 6.07) is 8.08. The van der Waals surface area contributed by atoms with Gasteiger partial charge >= 0.3 is 0 Å². The fourth-order valence-corrected chi connectivity index (χ4v) is 4.39. The number of carbonyl (C=O) groups is 1. The average Bonchev–Trinajstić information content (AvgIpc) is 2.90. The van der Waals surface area contributed by atoms with E-state index >= 15 is 0 Å². The number of halogens is 1. The van der Waals surface area contributed by atoms with E-state index < -0.39 is 0 Å². The maximum atomic E-state index is 12.9.